The highest BCUT2D eigenvalue weighted by Gasteiger charge is 2.28. The lowest BCUT2D eigenvalue weighted by Crippen LogP contribution is -2.35. The third-order valence-corrected chi connectivity index (χ3v) is 6.87. The fourth-order valence-corrected chi connectivity index (χ4v) is 5.05. The zero-order valence-corrected chi connectivity index (χ0v) is 20.5. The van der Waals surface area contributed by atoms with E-state index in [0.717, 1.165) is 30.9 Å². The van der Waals surface area contributed by atoms with Gasteiger partial charge in [-0.2, -0.15) is 0 Å². The molecule has 1 aromatic carbocycles. The van der Waals surface area contributed by atoms with Gasteiger partial charge >= 0.3 is 0 Å². The molecule has 1 aromatic rings. The Hall–Kier alpha value is -1.48. The summed E-state index contributed by atoms with van der Waals surface area (Å²) in [6.45, 7) is 7.21. The molecule has 1 aliphatic heterocycles. The van der Waals surface area contributed by atoms with Crippen LogP contribution < -0.4 is 14.8 Å². The predicted octanol–water partition coefficient (Wildman–Crippen LogP) is 7.78. The lowest BCUT2D eigenvalue weighted by atomic mass is 9.80. The highest BCUT2D eigenvalue weighted by Crippen LogP contribution is 2.40. The van der Waals surface area contributed by atoms with Gasteiger partial charge in [0.15, 0.2) is 11.5 Å². The lowest BCUT2D eigenvalue weighted by Gasteiger charge is -2.34. The number of rotatable bonds is 17. The third-order valence-electron chi connectivity index (χ3n) is 6.87. The van der Waals surface area contributed by atoms with E-state index in [-0.39, 0.29) is 0 Å². The number of unbranched alkanes of at least 4 members (excludes halogenated alkanes) is 9. The number of nitrogens with one attached hydrogen (secondary N) is 1. The van der Waals surface area contributed by atoms with Crippen LogP contribution in [-0.4, -0.2) is 20.8 Å². The van der Waals surface area contributed by atoms with E-state index < -0.39 is 0 Å². The topological polar surface area (TPSA) is 30.5 Å². The quantitative estimate of drug-likeness (QED) is 0.202. The number of hydrogen-bond donors (Lipinski definition) is 1. The van der Waals surface area contributed by atoms with Crippen molar-refractivity contribution >= 4 is 0 Å². The molecule has 1 N–H and O–H groups in total. The van der Waals surface area contributed by atoms with Gasteiger partial charge in [0.25, 0.3) is 0 Å². The van der Waals surface area contributed by atoms with Gasteiger partial charge in [-0.25, -0.2) is 0 Å². The Balaban J connectivity index is 2.03. The Bertz CT molecular complexity index is 628. The van der Waals surface area contributed by atoms with Gasteiger partial charge in [-0.1, -0.05) is 70.8 Å². The summed E-state index contributed by atoms with van der Waals surface area (Å²) < 4.78 is 11.2. The monoisotopic (exact) mass is 429 g/mol. The standard InChI is InChI=1S/C28H47NO2/c1-5-7-9-11-12-14-16-18-23(17-15-13-10-8-6-2)28-25-22-27(31-4)26(30-3)21-24(25)19-20-29-28/h6,21-23,28-29H,2,5,7-20H2,1,3-4H3. The van der Waals surface area contributed by atoms with E-state index in [4.69, 9.17) is 9.47 Å². The Labute approximate surface area is 192 Å². The van der Waals surface area contributed by atoms with Crippen molar-refractivity contribution < 1.29 is 9.47 Å². The van der Waals surface area contributed by atoms with Gasteiger partial charge in [-0.05, 0) is 67.8 Å². The van der Waals surface area contributed by atoms with E-state index in [0.29, 0.717) is 12.0 Å². The van der Waals surface area contributed by atoms with Gasteiger partial charge < -0.3 is 14.8 Å². The first-order valence-corrected chi connectivity index (χ1v) is 12.8. The number of methoxy groups -OCH3 is 2. The number of hydrogen-bond acceptors (Lipinski definition) is 3. The van der Waals surface area contributed by atoms with Crippen LogP contribution in [0, 0.1) is 5.92 Å². The summed E-state index contributed by atoms with van der Waals surface area (Å²) in [5.74, 6) is 2.40. The van der Waals surface area contributed by atoms with Crippen molar-refractivity contribution in [2.75, 3.05) is 20.8 Å². The Morgan fingerprint density at radius 3 is 2.19 bits per heavy atom. The van der Waals surface area contributed by atoms with Gasteiger partial charge in [0.05, 0.1) is 14.2 Å². The van der Waals surface area contributed by atoms with E-state index in [2.05, 4.69) is 37.0 Å². The van der Waals surface area contributed by atoms with Crippen LogP contribution in [0.5, 0.6) is 11.5 Å². The van der Waals surface area contributed by atoms with Crippen LogP contribution in [0.25, 0.3) is 0 Å². The van der Waals surface area contributed by atoms with Gasteiger partial charge in [0.1, 0.15) is 0 Å². The minimum atomic E-state index is 0.433. The molecule has 0 radical (unpaired) electrons. The largest absolute Gasteiger partial charge is 0.493 e. The van der Waals surface area contributed by atoms with E-state index in [1.54, 1.807) is 14.2 Å². The molecular weight excluding hydrogens is 382 g/mol. The molecule has 0 saturated heterocycles. The molecule has 1 aliphatic rings. The van der Waals surface area contributed by atoms with Crippen molar-refractivity contribution in [3.05, 3.63) is 35.9 Å². The molecule has 176 valence electrons. The number of ether oxygens (including phenoxy) is 2. The van der Waals surface area contributed by atoms with E-state index >= 15 is 0 Å². The van der Waals surface area contributed by atoms with Crippen LogP contribution in [0.4, 0.5) is 0 Å². The lowest BCUT2D eigenvalue weighted by molar-refractivity contribution is 0.290. The molecule has 2 unspecified atom stereocenters. The fraction of sp³-hybridized carbons (Fsp3) is 0.714. The second-order valence-electron chi connectivity index (χ2n) is 9.18. The molecular formula is C28H47NO2. The van der Waals surface area contributed by atoms with Crippen LogP contribution in [0.2, 0.25) is 0 Å². The first-order chi connectivity index (χ1) is 15.2. The van der Waals surface area contributed by atoms with Crippen LogP contribution in [-0.2, 0) is 6.42 Å². The summed E-state index contributed by atoms with van der Waals surface area (Å²) in [6.07, 6.45) is 20.4. The Morgan fingerprint density at radius 1 is 0.935 bits per heavy atom. The van der Waals surface area contributed by atoms with Crippen molar-refractivity contribution in [1.82, 2.24) is 5.32 Å². The van der Waals surface area contributed by atoms with E-state index in [1.807, 2.05) is 0 Å². The van der Waals surface area contributed by atoms with Crippen LogP contribution in [0.1, 0.15) is 108 Å². The van der Waals surface area contributed by atoms with Crippen molar-refractivity contribution in [2.45, 2.75) is 103 Å². The summed E-state index contributed by atoms with van der Waals surface area (Å²) in [5, 5.41) is 3.87. The van der Waals surface area contributed by atoms with E-state index in [9.17, 15) is 0 Å². The summed E-state index contributed by atoms with van der Waals surface area (Å²) in [7, 11) is 3.47. The van der Waals surface area contributed by atoms with Crippen molar-refractivity contribution in [1.29, 1.82) is 0 Å². The predicted molar refractivity (Wildman–Crippen MR) is 133 cm³/mol. The highest BCUT2D eigenvalue weighted by atomic mass is 16.5. The van der Waals surface area contributed by atoms with Crippen LogP contribution in [0.3, 0.4) is 0 Å². The molecule has 0 amide bonds. The van der Waals surface area contributed by atoms with Gasteiger partial charge in [0.2, 0.25) is 0 Å². The SMILES string of the molecule is C=CCCCCCC(CCCCCCCCC)C1NCCc2cc(OC)c(OC)cc21. The minimum absolute atomic E-state index is 0.433. The molecule has 31 heavy (non-hydrogen) atoms. The smallest absolute Gasteiger partial charge is 0.161 e. The van der Waals surface area contributed by atoms with Crippen molar-refractivity contribution in [3.8, 4) is 11.5 Å². The molecule has 0 aliphatic carbocycles. The first kappa shape index (κ1) is 25.8. The normalized spacial score (nSPS) is 16.5. The average molecular weight is 430 g/mol. The molecule has 3 nitrogen and oxygen atoms in total. The molecule has 0 saturated carbocycles. The maximum Gasteiger partial charge on any atom is 0.161 e. The van der Waals surface area contributed by atoms with Crippen molar-refractivity contribution in [3.63, 3.8) is 0 Å². The molecule has 0 fully saturated rings. The summed E-state index contributed by atoms with van der Waals surface area (Å²) in [5.41, 5.74) is 2.86. The molecule has 3 heteroatoms. The van der Waals surface area contributed by atoms with Crippen LogP contribution >= 0.6 is 0 Å². The zero-order chi connectivity index (χ0) is 22.3. The Morgan fingerprint density at radius 2 is 1.55 bits per heavy atom. The Kier molecular flexibility index (Phi) is 12.8. The molecule has 2 atom stereocenters. The first-order valence-electron chi connectivity index (χ1n) is 12.8. The third kappa shape index (κ3) is 8.52. The second kappa shape index (κ2) is 15.3. The highest BCUT2D eigenvalue weighted by molar-refractivity contribution is 5.49. The van der Waals surface area contributed by atoms with Gasteiger partial charge in [0, 0.05) is 6.04 Å². The maximum atomic E-state index is 5.64. The van der Waals surface area contributed by atoms with E-state index in [1.165, 1.54) is 88.2 Å². The summed E-state index contributed by atoms with van der Waals surface area (Å²) in [4.78, 5) is 0. The summed E-state index contributed by atoms with van der Waals surface area (Å²) >= 11 is 0. The molecule has 0 aromatic heterocycles. The molecule has 0 bridgehead atoms. The fourth-order valence-electron chi connectivity index (χ4n) is 5.05. The van der Waals surface area contributed by atoms with Crippen LogP contribution in [0.15, 0.2) is 24.8 Å². The number of fused-ring (bicyclic) bond motifs is 1. The minimum Gasteiger partial charge on any atom is -0.493 e. The van der Waals surface area contributed by atoms with Crippen molar-refractivity contribution in [2.24, 2.45) is 5.92 Å². The summed E-state index contributed by atoms with van der Waals surface area (Å²) in [6, 6.07) is 4.88. The number of allylic oxidation sites excluding steroid dienone is 1. The second-order valence-corrected chi connectivity index (χ2v) is 9.18. The maximum absolute atomic E-state index is 5.64. The molecule has 1 heterocycles. The molecule has 0 spiro atoms. The molecule has 2 rings (SSSR count). The average Bonchev–Trinajstić information content (AvgIpc) is 2.80. The van der Waals surface area contributed by atoms with Gasteiger partial charge in [-0.15, -0.1) is 6.58 Å². The zero-order valence-electron chi connectivity index (χ0n) is 20.5. The van der Waals surface area contributed by atoms with Gasteiger partial charge in [-0.3, -0.25) is 0 Å². The number of benzene rings is 1.